The molecule has 15 atom stereocenters. The van der Waals surface area contributed by atoms with E-state index in [1.54, 1.807) is 0 Å². The van der Waals surface area contributed by atoms with Crippen molar-refractivity contribution in [2.75, 3.05) is 6.61 Å². The van der Waals surface area contributed by atoms with Crippen LogP contribution in [0.25, 0.3) is 0 Å². The molecule has 13 heteroatoms. The predicted octanol–water partition coefficient (Wildman–Crippen LogP) is 0.813. The van der Waals surface area contributed by atoms with Crippen molar-refractivity contribution in [1.29, 1.82) is 0 Å². The van der Waals surface area contributed by atoms with Crippen LogP contribution in [0.15, 0.2) is 11.6 Å². The molecule has 49 heavy (non-hydrogen) atoms. The second-order valence-electron chi connectivity index (χ2n) is 17.8. The van der Waals surface area contributed by atoms with Crippen molar-refractivity contribution in [1.82, 2.24) is 0 Å². The molecule has 5 rings (SSSR count). The van der Waals surface area contributed by atoms with E-state index in [2.05, 4.69) is 58.7 Å². The SMILES string of the molecule is CC(C)=CCC[C@](C)(O)C1CC[C@]2(C)C1[C@H](O)CC1[C@@]3(C)CC[C@H](O[C@@H]4O[C@H](COS(=O)(=O)[O-])[C@@H](O)[C@H](O)[C@H]4O)C(C)(C)C3CC[C@]12C.[Na+]. The molecule has 1 saturated heterocycles. The monoisotopic (exact) mass is 724 g/mol. The van der Waals surface area contributed by atoms with Crippen LogP contribution < -0.4 is 29.6 Å². The average Bonchev–Trinajstić information content (AvgIpc) is 3.35. The van der Waals surface area contributed by atoms with Gasteiger partial charge in [-0.25, -0.2) is 8.42 Å². The van der Waals surface area contributed by atoms with E-state index in [0.717, 1.165) is 38.5 Å². The average molecular weight is 725 g/mol. The number of rotatable bonds is 9. The minimum atomic E-state index is -5.07. The van der Waals surface area contributed by atoms with Crippen LogP contribution in [0.4, 0.5) is 0 Å². The molecule has 0 amide bonds. The summed E-state index contributed by atoms with van der Waals surface area (Å²) in [4.78, 5) is 0. The Morgan fingerprint density at radius 2 is 1.57 bits per heavy atom. The number of hydrogen-bond acceptors (Lipinski definition) is 11. The molecule has 4 aliphatic carbocycles. The molecule has 0 radical (unpaired) electrons. The van der Waals surface area contributed by atoms with Crippen molar-refractivity contribution in [2.45, 2.75) is 162 Å². The minimum absolute atomic E-state index is 0. The summed E-state index contributed by atoms with van der Waals surface area (Å²) in [5.41, 5.74) is -0.296. The summed E-state index contributed by atoms with van der Waals surface area (Å²) in [6.45, 7) is 16.8. The Morgan fingerprint density at radius 3 is 2.18 bits per heavy atom. The van der Waals surface area contributed by atoms with Crippen LogP contribution in [0.2, 0.25) is 0 Å². The second-order valence-corrected chi connectivity index (χ2v) is 18.9. The van der Waals surface area contributed by atoms with Gasteiger partial charge in [-0.05, 0) is 124 Å². The zero-order valence-electron chi connectivity index (χ0n) is 31.1. The van der Waals surface area contributed by atoms with Crippen molar-refractivity contribution in [3.05, 3.63) is 11.6 Å². The first-order valence-corrected chi connectivity index (χ1v) is 19.3. The number of ether oxygens (including phenoxy) is 2. The van der Waals surface area contributed by atoms with Gasteiger partial charge < -0.3 is 39.6 Å². The molecule has 4 saturated carbocycles. The number of aliphatic hydroxyl groups is 5. The molecule has 0 spiro atoms. The number of aliphatic hydroxyl groups excluding tert-OH is 4. The van der Waals surface area contributed by atoms with Gasteiger partial charge in [-0.15, -0.1) is 0 Å². The largest absolute Gasteiger partial charge is 1.00 e. The fraction of sp³-hybridized carbons (Fsp3) is 0.944. The van der Waals surface area contributed by atoms with Crippen LogP contribution in [0.3, 0.4) is 0 Å². The summed E-state index contributed by atoms with van der Waals surface area (Å²) in [7, 11) is -5.07. The van der Waals surface area contributed by atoms with Gasteiger partial charge in [0.15, 0.2) is 6.29 Å². The second kappa shape index (κ2) is 14.5. The van der Waals surface area contributed by atoms with Gasteiger partial charge in [-0.3, -0.25) is 4.18 Å². The molecule has 1 aliphatic heterocycles. The maximum atomic E-state index is 12.0. The van der Waals surface area contributed by atoms with Crippen LogP contribution in [0.5, 0.6) is 0 Å². The molecule has 0 aromatic carbocycles. The number of allylic oxidation sites excluding steroid dienone is 2. The normalized spacial score (nSPS) is 47.5. The molecule has 278 valence electrons. The fourth-order valence-corrected chi connectivity index (χ4v) is 12.3. The van der Waals surface area contributed by atoms with Crippen LogP contribution in [0.1, 0.15) is 113 Å². The van der Waals surface area contributed by atoms with E-state index < -0.39 is 70.9 Å². The summed E-state index contributed by atoms with van der Waals surface area (Å²) in [6.07, 6.45) is 0.979. The Kier molecular flexibility index (Phi) is 12.5. The van der Waals surface area contributed by atoms with Crippen molar-refractivity contribution in [2.24, 2.45) is 45.3 Å². The third kappa shape index (κ3) is 7.41. The number of hydrogen-bond donors (Lipinski definition) is 5. The summed E-state index contributed by atoms with van der Waals surface area (Å²) in [5, 5.41) is 55.6. The summed E-state index contributed by atoms with van der Waals surface area (Å²) < 4.78 is 49.5. The summed E-state index contributed by atoms with van der Waals surface area (Å²) >= 11 is 0. The Labute approximate surface area is 315 Å². The zero-order chi connectivity index (χ0) is 35.8. The molecule has 0 bridgehead atoms. The van der Waals surface area contributed by atoms with E-state index in [4.69, 9.17) is 9.47 Å². The molecule has 1 heterocycles. The van der Waals surface area contributed by atoms with Crippen LogP contribution in [0, 0.1) is 45.3 Å². The summed E-state index contributed by atoms with van der Waals surface area (Å²) in [5.74, 6) is 0.512. The maximum absolute atomic E-state index is 12.0. The van der Waals surface area contributed by atoms with E-state index in [0.29, 0.717) is 19.3 Å². The van der Waals surface area contributed by atoms with Gasteiger partial charge in [0.1, 0.15) is 24.4 Å². The molecule has 5 aliphatic rings. The first-order chi connectivity index (χ1) is 22.0. The van der Waals surface area contributed by atoms with Crippen molar-refractivity contribution in [3.8, 4) is 0 Å². The standard InChI is InChI=1S/C36H62O11S.Na/c1-20(2)10-9-14-36(8,41)21-11-16-35(7)27(21)22(37)18-25-33(5)15-13-26(32(3,4)24(33)12-17-34(25,35)6)47-31-30(40)29(39)28(38)23(46-31)19-45-48(42,43)44;/h10,21-31,37-41H,9,11-19H2,1-8H3,(H,42,43,44);/q;+1/p-1/t21?,22-,23-,24?,25?,26+,27?,28-,29+,30-,31+,33+,34-,35-,36+;/m1./s1. The molecule has 0 aromatic rings. The predicted molar refractivity (Wildman–Crippen MR) is 177 cm³/mol. The Morgan fingerprint density at radius 1 is 0.939 bits per heavy atom. The van der Waals surface area contributed by atoms with Gasteiger partial charge in [0, 0.05) is 0 Å². The van der Waals surface area contributed by atoms with Gasteiger partial charge >= 0.3 is 29.6 Å². The Balaban J connectivity index is 0.00000541. The molecule has 0 aromatic heterocycles. The smallest absolute Gasteiger partial charge is 0.726 e. The van der Waals surface area contributed by atoms with Crippen LogP contribution in [-0.2, 0) is 24.1 Å². The van der Waals surface area contributed by atoms with Crippen molar-refractivity contribution >= 4 is 10.4 Å². The Hall–Kier alpha value is 0.330. The van der Waals surface area contributed by atoms with E-state index in [9.17, 15) is 38.5 Å². The summed E-state index contributed by atoms with van der Waals surface area (Å²) in [6, 6.07) is 0. The number of fused-ring (bicyclic) bond motifs is 5. The molecule has 5 fully saturated rings. The maximum Gasteiger partial charge on any atom is 1.00 e. The molecule has 4 unspecified atom stereocenters. The van der Waals surface area contributed by atoms with E-state index >= 15 is 0 Å². The Bertz CT molecular complexity index is 1320. The first-order valence-electron chi connectivity index (χ1n) is 18.0. The van der Waals surface area contributed by atoms with Gasteiger partial charge in [-0.2, -0.15) is 0 Å². The molecular formula is C36H61NaO11S. The van der Waals surface area contributed by atoms with Gasteiger partial charge in [-0.1, -0.05) is 46.3 Å². The van der Waals surface area contributed by atoms with E-state index in [1.807, 2.05) is 6.92 Å². The first kappa shape index (κ1) is 42.1. The van der Waals surface area contributed by atoms with Gasteiger partial charge in [0.2, 0.25) is 10.4 Å². The topological polar surface area (TPSA) is 186 Å². The third-order valence-electron chi connectivity index (χ3n) is 14.7. The minimum Gasteiger partial charge on any atom is -0.726 e. The zero-order valence-corrected chi connectivity index (χ0v) is 33.9. The van der Waals surface area contributed by atoms with Crippen LogP contribution in [-0.4, -0.2) is 93.6 Å². The van der Waals surface area contributed by atoms with E-state index in [1.165, 1.54) is 5.57 Å². The molecular weight excluding hydrogens is 663 g/mol. The van der Waals surface area contributed by atoms with E-state index in [-0.39, 0.29) is 69.5 Å². The molecule has 5 N–H and O–H groups in total. The quantitative estimate of drug-likeness (QED) is 0.0746. The van der Waals surface area contributed by atoms with Crippen molar-refractivity contribution in [3.63, 3.8) is 0 Å². The van der Waals surface area contributed by atoms with Crippen LogP contribution >= 0.6 is 0 Å². The molecule has 11 nitrogen and oxygen atoms in total. The fourth-order valence-electron chi connectivity index (χ4n) is 12.0. The van der Waals surface area contributed by atoms with Crippen molar-refractivity contribution < 1.29 is 81.7 Å². The van der Waals surface area contributed by atoms with Gasteiger partial charge in [0.05, 0.1) is 24.4 Å². The van der Waals surface area contributed by atoms with Gasteiger partial charge in [0.25, 0.3) is 0 Å². The third-order valence-corrected chi connectivity index (χ3v) is 15.1.